The van der Waals surface area contributed by atoms with Crippen molar-refractivity contribution in [2.75, 3.05) is 13.7 Å². The monoisotopic (exact) mass is 255 g/mol. The Morgan fingerprint density at radius 3 is 2.79 bits per heavy atom. The second-order valence-corrected chi connectivity index (χ2v) is 3.80. The Kier molecular flexibility index (Phi) is 4.17. The predicted molar refractivity (Wildman–Crippen MR) is 63.5 cm³/mol. The second kappa shape index (κ2) is 5.17. The summed E-state index contributed by atoms with van der Waals surface area (Å²) in [6.45, 7) is 2.58. The van der Waals surface area contributed by atoms with Crippen molar-refractivity contribution in [1.29, 1.82) is 0 Å². The molecule has 1 rings (SSSR count). The number of rotatable bonds is 3. The van der Waals surface area contributed by atoms with Crippen LogP contribution >= 0.6 is 15.9 Å². The van der Waals surface area contributed by atoms with E-state index in [2.05, 4.69) is 22.0 Å². The van der Waals surface area contributed by atoms with E-state index in [9.17, 15) is 0 Å². The van der Waals surface area contributed by atoms with Crippen LogP contribution in [0.4, 0.5) is 0 Å². The van der Waals surface area contributed by atoms with Crippen LogP contribution < -0.4 is 10.5 Å². The first-order valence-corrected chi connectivity index (χ1v) is 5.19. The van der Waals surface area contributed by atoms with Gasteiger partial charge in [-0.15, -0.1) is 0 Å². The summed E-state index contributed by atoms with van der Waals surface area (Å²) in [5.41, 5.74) is 7.66. The number of ether oxygens (including phenoxy) is 1. The van der Waals surface area contributed by atoms with Gasteiger partial charge in [-0.3, -0.25) is 0 Å². The molecule has 0 bridgehead atoms. The van der Waals surface area contributed by atoms with Gasteiger partial charge in [-0.1, -0.05) is 18.2 Å². The lowest BCUT2D eigenvalue weighted by atomic mass is 10.1. The van der Waals surface area contributed by atoms with E-state index in [0.717, 1.165) is 15.8 Å². The first-order valence-electron chi connectivity index (χ1n) is 4.39. The molecule has 76 valence electrons. The molecule has 1 aromatic rings. The molecular weight excluding hydrogens is 242 g/mol. The van der Waals surface area contributed by atoms with Crippen LogP contribution in [0.25, 0.3) is 6.08 Å². The van der Waals surface area contributed by atoms with Crippen LogP contribution in [-0.4, -0.2) is 13.7 Å². The van der Waals surface area contributed by atoms with Crippen LogP contribution in [0, 0.1) is 6.92 Å². The Morgan fingerprint density at radius 2 is 2.21 bits per heavy atom. The third-order valence-electron chi connectivity index (χ3n) is 1.87. The van der Waals surface area contributed by atoms with Gasteiger partial charge in [-0.2, -0.15) is 0 Å². The molecule has 0 aliphatic rings. The van der Waals surface area contributed by atoms with E-state index in [4.69, 9.17) is 10.5 Å². The number of aryl methyl sites for hydroxylation is 1. The lowest BCUT2D eigenvalue weighted by Crippen LogP contribution is -1.93. The molecular formula is C11H14BrNO. The van der Waals surface area contributed by atoms with Crippen molar-refractivity contribution in [2.45, 2.75) is 6.92 Å². The minimum atomic E-state index is 0.544. The average Bonchev–Trinajstić information content (AvgIpc) is 2.18. The first-order chi connectivity index (χ1) is 6.69. The van der Waals surface area contributed by atoms with Crippen molar-refractivity contribution in [3.8, 4) is 5.75 Å². The van der Waals surface area contributed by atoms with Crippen LogP contribution in [-0.2, 0) is 0 Å². The lowest BCUT2D eigenvalue weighted by Gasteiger charge is -2.07. The quantitative estimate of drug-likeness (QED) is 0.902. The van der Waals surface area contributed by atoms with Crippen molar-refractivity contribution in [1.82, 2.24) is 0 Å². The highest BCUT2D eigenvalue weighted by Crippen LogP contribution is 2.30. The summed E-state index contributed by atoms with van der Waals surface area (Å²) in [6.07, 6.45) is 3.90. The van der Waals surface area contributed by atoms with Crippen molar-refractivity contribution in [3.63, 3.8) is 0 Å². The van der Waals surface area contributed by atoms with Gasteiger partial charge >= 0.3 is 0 Å². The van der Waals surface area contributed by atoms with E-state index < -0.39 is 0 Å². The molecule has 0 heterocycles. The summed E-state index contributed by atoms with van der Waals surface area (Å²) in [5, 5.41) is 0. The topological polar surface area (TPSA) is 35.2 Å². The number of hydrogen-bond donors (Lipinski definition) is 1. The normalized spacial score (nSPS) is 10.9. The Morgan fingerprint density at radius 1 is 1.50 bits per heavy atom. The minimum Gasteiger partial charge on any atom is -0.496 e. The number of hydrogen-bond acceptors (Lipinski definition) is 2. The molecule has 0 unspecified atom stereocenters. The van der Waals surface area contributed by atoms with E-state index in [-0.39, 0.29) is 0 Å². The van der Waals surface area contributed by atoms with E-state index in [1.807, 2.05) is 25.1 Å². The molecule has 0 fully saturated rings. The summed E-state index contributed by atoms with van der Waals surface area (Å²) in [4.78, 5) is 0. The molecule has 2 N–H and O–H groups in total. The fourth-order valence-corrected chi connectivity index (χ4v) is 1.75. The molecule has 0 spiro atoms. The maximum atomic E-state index is 5.40. The van der Waals surface area contributed by atoms with Crippen LogP contribution in [0.15, 0.2) is 22.7 Å². The maximum Gasteiger partial charge on any atom is 0.133 e. The number of benzene rings is 1. The van der Waals surface area contributed by atoms with Gasteiger partial charge in [0, 0.05) is 6.54 Å². The summed E-state index contributed by atoms with van der Waals surface area (Å²) >= 11 is 3.49. The smallest absolute Gasteiger partial charge is 0.133 e. The van der Waals surface area contributed by atoms with Crippen LogP contribution in [0.2, 0.25) is 0 Å². The maximum absolute atomic E-state index is 5.40. The van der Waals surface area contributed by atoms with E-state index in [0.29, 0.717) is 6.54 Å². The van der Waals surface area contributed by atoms with Gasteiger partial charge in [-0.05, 0) is 40.0 Å². The summed E-state index contributed by atoms with van der Waals surface area (Å²) in [6, 6.07) is 4.07. The molecule has 0 atom stereocenters. The minimum absolute atomic E-state index is 0.544. The third-order valence-corrected chi connectivity index (χ3v) is 2.71. The molecule has 0 aromatic heterocycles. The molecule has 0 aliphatic heterocycles. The Bertz CT molecular complexity index is 347. The molecule has 2 nitrogen and oxygen atoms in total. The zero-order valence-electron chi connectivity index (χ0n) is 8.38. The second-order valence-electron chi connectivity index (χ2n) is 3.01. The van der Waals surface area contributed by atoms with Gasteiger partial charge < -0.3 is 10.5 Å². The summed E-state index contributed by atoms with van der Waals surface area (Å²) in [7, 11) is 1.66. The molecule has 3 heteroatoms. The van der Waals surface area contributed by atoms with Crippen molar-refractivity contribution in [2.24, 2.45) is 5.73 Å². The van der Waals surface area contributed by atoms with E-state index in [1.54, 1.807) is 7.11 Å². The van der Waals surface area contributed by atoms with Crippen molar-refractivity contribution >= 4 is 22.0 Å². The first kappa shape index (κ1) is 11.3. The zero-order chi connectivity index (χ0) is 10.6. The highest BCUT2D eigenvalue weighted by molar-refractivity contribution is 9.10. The fraction of sp³-hybridized carbons (Fsp3) is 0.273. The van der Waals surface area contributed by atoms with Gasteiger partial charge in [0.2, 0.25) is 0 Å². The lowest BCUT2D eigenvalue weighted by molar-refractivity contribution is 0.411. The van der Waals surface area contributed by atoms with Crippen molar-refractivity contribution < 1.29 is 4.74 Å². The summed E-state index contributed by atoms with van der Waals surface area (Å²) in [5.74, 6) is 0.849. The Hall–Kier alpha value is -0.800. The van der Waals surface area contributed by atoms with Gasteiger partial charge in [0.15, 0.2) is 0 Å². The summed E-state index contributed by atoms with van der Waals surface area (Å²) < 4.78 is 6.20. The average molecular weight is 256 g/mol. The predicted octanol–water partition coefficient (Wildman–Crippen LogP) is 2.74. The zero-order valence-corrected chi connectivity index (χ0v) is 9.97. The van der Waals surface area contributed by atoms with Gasteiger partial charge in [-0.25, -0.2) is 0 Å². The van der Waals surface area contributed by atoms with Gasteiger partial charge in [0.1, 0.15) is 5.75 Å². The highest BCUT2D eigenvalue weighted by atomic mass is 79.9. The number of methoxy groups -OCH3 is 1. The van der Waals surface area contributed by atoms with Crippen LogP contribution in [0.3, 0.4) is 0 Å². The number of nitrogens with two attached hydrogens (primary N) is 1. The SMILES string of the molecule is COc1cc(C)cc(/C=C/CN)c1Br. The Labute approximate surface area is 92.9 Å². The molecule has 0 radical (unpaired) electrons. The van der Waals surface area contributed by atoms with Crippen LogP contribution in [0.1, 0.15) is 11.1 Å². The standard InChI is InChI=1S/C11H14BrNO/c1-8-6-9(4-3-5-13)11(12)10(7-8)14-2/h3-4,6-7H,5,13H2,1-2H3/b4-3+. The molecule has 0 amide bonds. The Balaban J connectivity index is 3.15. The molecule has 1 aromatic carbocycles. The van der Waals surface area contributed by atoms with Gasteiger partial charge in [0.25, 0.3) is 0 Å². The van der Waals surface area contributed by atoms with Crippen molar-refractivity contribution in [3.05, 3.63) is 33.8 Å². The molecule has 0 aliphatic carbocycles. The molecule has 0 saturated heterocycles. The third kappa shape index (κ3) is 2.59. The fourth-order valence-electron chi connectivity index (χ4n) is 1.23. The van der Waals surface area contributed by atoms with E-state index >= 15 is 0 Å². The van der Waals surface area contributed by atoms with Gasteiger partial charge in [0.05, 0.1) is 11.6 Å². The highest BCUT2D eigenvalue weighted by Gasteiger charge is 2.04. The molecule has 14 heavy (non-hydrogen) atoms. The number of halogens is 1. The molecule has 0 saturated carbocycles. The largest absolute Gasteiger partial charge is 0.496 e. The van der Waals surface area contributed by atoms with E-state index in [1.165, 1.54) is 5.56 Å². The van der Waals surface area contributed by atoms with Crippen LogP contribution in [0.5, 0.6) is 5.75 Å².